The lowest BCUT2D eigenvalue weighted by atomic mass is 10.1. The van der Waals surface area contributed by atoms with Gasteiger partial charge in [-0.25, -0.2) is 17.6 Å². The molecule has 0 saturated carbocycles. The number of hydrogen-bond donors (Lipinski definition) is 0. The largest absolute Gasteiger partial charge is 0.343 e. The Kier molecular flexibility index (Phi) is 5.10. The summed E-state index contributed by atoms with van der Waals surface area (Å²) >= 11 is 0. The summed E-state index contributed by atoms with van der Waals surface area (Å²) in [6.07, 6.45) is 0. The number of halogens is 1. The van der Waals surface area contributed by atoms with E-state index in [0.29, 0.717) is 5.56 Å². The molecule has 0 saturated heterocycles. The highest BCUT2D eigenvalue weighted by molar-refractivity contribution is 7.94. The van der Waals surface area contributed by atoms with Crippen molar-refractivity contribution in [1.82, 2.24) is 0 Å². The number of urea groups is 1. The lowest BCUT2D eigenvalue weighted by Gasteiger charge is -2.36. The second-order valence-electron chi connectivity index (χ2n) is 7.33. The van der Waals surface area contributed by atoms with Crippen molar-refractivity contribution in [2.45, 2.75) is 18.7 Å². The van der Waals surface area contributed by atoms with Crippen LogP contribution in [0.25, 0.3) is 0 Å². The van der Waals surface area contributed by atoms with E-state index in [0.717, 1.165) is 26.9 Å². The Morgan fingerprint density at radius 3 is 2.29 bits per heavy atom. The van der Waals surface area contributed by atoms with E-state index in [-0.39, 0.29) is 21.8 Å². The topological polar surface area (TPSA) is 74.8 Å². The first kappa shape index (κ1) is 20.7. The molecule has 31 heavy (non-hydrogen) atoms. The number of fused-ring (bicyclic) bond motifs is 1. The minimum Gasteiger partial charge on any atom is -0.292 e. The van der Waals surface area contributed by atoms with Crippen molar-refractivity contribution in [2.24, 2.45) is 0 Å². The van der Waals surface area contributed by atoms with Crippen molar-refractivity contribution >= 4 is 33.2 Å². The van der Waals surface area contributed by atoms with Crippen LogP contribution in [0.2, 0.25) is 0 Å². The highest BCUT2D eigenvalue weighted by Gasteiger charge is 2.43. The summed E-state index contributed by atoms with van der Waals surface area (Å²) in [5.74, 6) is -0.925. The van der Waals surface area contributed by atoms with Gasteiger partial charge in [-0.3, -0.25) is 9.69 Å². The molecular formula is C23H19FN2O4S. The maximum atomic E-state index is 13.4. The van der Waals surface area contributed by atoms with Crippen molar-refractivity contribution in [3.8, 4) is 0 Å². The lowest BCUT2D eigenvalue weighted by Crippen LogP contribution is -2.52. The maximum absolute atomic E-state index is 13.4. The first-order valence-corrected chi connectivity index (χ1v) is 11.0. The van der Waals surface area contributed by atoms with E-state index in [1.165, 1.54) is 24.3 Å². The third-order valence-corrected chi connectivity index (χ3v) is 6.85. The van der Waals surface area contributed by atoms with Gasteiger partial charge in [0.1, 0.15) is 10.7 Å². The molecule has 6 nitrogen and oxygen atoms in total. The average Bonchev–Trinajstić information content (AvgIpc) is 2.73. The maximum Gasteiger partial charge on any atom is 0.343 e. The molecule has 1 aliphatic rings. The number of anilines is 2. The number of rotatable bonds is 4. The van der Waals surface area contributed by atoms with Crippen LogP contribution in [-0.2, 0) is 10.0 Å². The fourth-order valence-electron chi connectivity index (χ4n) is 3.60. The van der Waals surface area contributed by atoms with Gasteiger partial charge in [-0.15, -0.1) is 0 Å². The Balaban J connectivity index is 1.82. The zero-order valence-corrected chi connectivity index (χ0v) is 17.7. The molecule has 3 aromatic rings. The molecule has 0 fully saturated rings. The summed E-state index contributed by atoms with van der Waals surface area (Å²) in [4.78, 5) is 27.3. The molecule has 0 unspecified atom stereocenters. The molecule has 0 bridgehead atoms. The fourth-order valence-corrected chi connectivity index (χ4v) is 5.26. The van der Waals surface area contributed by atoms with Crippen molar-refractivity contribution in [3.63, 3.8) is 0 Å². The van der Waals surface area contributed by atoms with Crippen molar-refractivity contribution < 1.29 is 22.4 Å². The molecule has 3 aromatic carbocycles. The van der Waals surface area contributed by atoms with E-state index >= 15 is 0 Å². The third kappa shape index (κ3) is 3.59. The first-order valence-electron chi connectivity index (χ1n) is 9.52. The molecule has 0 spiro atoms. The first-order chi connectivity index (χ1) is 14.7. The number of Topliss-reactive ketones (excluding diaryl/α,β-unsaturated/α-hetero) is 1. The summed E-state index contributed by atoms with van der Waals surface area (Å²) in [5.41, 5.74) is 2.11. The number of nitrogens with zero attached hydrogens (tertiary/aromatic N) is 2. The minimum absolute atomic E-state index is 0.0681. The summed E-state index contributed by atoms with van der Waals surface area (Å²) in [6, 6.07) is 15.3. The van der Waals surface area contributed by atoms with Crippen LogP contribution in [0, 0.1) is 19.7 Å². The molecule has 1 heterocycles. The molecule has 0 aliphatic carbocycles. The predicted octanol–water partition coefficient (Wildman–Crippen LogP) is 4.46. The van der Waals surface area contributed by atoms with Gasteiger partial charge in [0.15, 0.2) is 5.78 Å². The number of carbonyl (C=O) groups excluding carboxylic acids is 2. The highest BCUT2D eigenvalue weighted by atomic mass is 32.2. The van der Waals surface area contributed by atoms with Crippen LogP contribution in [0.5, 0.6) is 0 Å². The molecule has 8 heteroatoms. The van der Waals surface area contributed by atoms with Crippen LogP contribution in [0.3, 0.4) is 0 Å². The van der Waals surface area contributed by atoms with Gasteiger partial charge >= 0.3 is 6.03 Å². The number of hydrogen-bond acceptors (Lipinski definition) is 4. The van der Waals surface area contributed by atoms with Crippen LogP contribution in [0.15, 0.2) is 71.6 Å². The van der Waals surface area contributed by atoms with Gasteiger partial charge < -0.3 is 0 Å². The standard InChI is InChI=1S/C23H19FN2O4S/c1-15-7-12-19(16(2)13-15)26-23(28)25(14-21(27)17-8-10-18(24)11-9-17)20-5-3-4-6-22(20)31(26,29)30/h3-13H,14H2,1-2H3. The van der Waals surface area contributed by atoms with Crippen molar-refractivity contribution in [3.05, 3.63) is 89.2 Å². The molecular weight excluding hydrogens is 419 g/mol. The molecule has 0 radical (unpaired) electrons. The zero-order chi connectivity index (χ0) is 22.3. The lowest BCUT2D eigenvalue weighted by molar-refractivity contribution is 0.0999. The number of ketones is 1. The van der Waals surface area contributed by atoms with Gasteiger partial charge in [0.25, 0.3) is 10.0 Å². The van der Waals surface area contributed by atoms with E-state index in [9.17, 15) is 22.4 Å². The predicted molar refractivity (Wildman–Crippen MR) is 115 cm³/mol. The molecule has 2 amide bonds. The van der Waals surface area contributed by atoms with Gasteiger partial charge in [0.2, 0.25) is 0 Å². The molecule has 158 valence electrons. The molecule has 0 aromatic heterocycles. The van der Waals surface area contributed by atoms with Gasteiger partial charge in [0.05, 0.1) is 17.9 Å². The van der Waals surface area contributed by atoms with Crippen molar-refractivity contribution in [1.29, 1.82) is 0 Å². The monoisotopic (exact) mass is 438 g/mol. The third-order valence-electron chi connectivity index (χ3n) is 5.12. The van der Waals surface area contributed by atoms with E-state index in [4.69, 9.17) is 0 Å². The van der Waals surface area contributed by atoms with Gasteiger partial charge in [-0.2, -0.15) is 4.31 Å². The SMILES string of the molecule is Cc1ccc(N2C(=O)N(CC(=O)c3ccc(F)cc3)c3ccccc3S2(=O)=O)c(C)c1. The molecule has 0 atom stereocenters. The Morgan fingerprint density at radius 2 is 1.61 bits per heavy atom. The second kappa shape index (κ2) is 7.63. The van der Waals surface area contributed by atoms with Crippen LogP contribution in [0.1, 0.15) is 21.5 Å². The summed E-state index contributed by atoms with van der Waals surface area (Å²) in [5, 5.41) is 0. The van der Waals surface area contributed by atoms with E-state index in [2.05, 4.69) is 0 Å². The number of carbonyl (C=O) groups is 2. The number of para-hydroxylation sites is 1. The Hall–Kier alpha value is -3.52. The second-order valence-corrected chi connectivity index (χ2v) is 9.08. The summed E-state index contributed by atoms with van der Waals surface area (Å²) in [7, 11) is -4.18. The average molecular weight is 438 g/mol. The van der Waals surface area contributed by atoms with Crippen LogP contribution in [-0.4, -0.2) is 26.8 Å². The molecule has 1 aliphatic heterocycles. The summed E-state index contributed by atoms with van der Waals surface area (Å²) < 4.78 is 40.6. The van der Waals surface area contributed by atoms with Crippen LogP contribution >= 0.6 is 0 Å². The summed E-state index contributed by atoms with van der Waals surface area (Å²) in [6.45, 7) is 3.20. The Morgan fingerprint density at radius 1 is 0.935 bits per heavy atom. The smallest absolute Gasteiger partial charge is 0.292 e. The fraction of sp³-hybridized carbons (Fsp3) is 0.130. The number of amides is 2. The van der Waals surface area contributed by atoms with Gasteiger partial charge in [-0.05, 0) is 61.9 Å². The van der Waals surface area contributed by atoms with Gasteiger partial charge in [-0.1, -0.05) is 29.8 Å². The number of sulfonamides is 1. The minimum atomic E-state index is -4.18. The quantitative estimate of drug-likeness (QED) is 0.564. The zero-order valence-electron chi connectivity index (χ0n) is 16.9. The molecule has 0 N–H and O–H groups in total. The van der Waals surface area contributed by atoms with E-state index in [1.807, 2.05) is 6.92 Å². The van der Waals surface area contributed by atoms with E-state index in [1.54, 1.807) is 37.3 Å². The normalized spacial score (nSPS) is 15.0. The molecule has 4 rings (SSSR count). The van der Waals surface area contributed by atoms with Crippen LogP contribution in [0.4, 0.5) is 20.6 Å². The highest BCUT2D eigenvalue weighted by Crippen LogP contribution is 2.38. The van der Waals surface area contributed by atoms with Gasteiger partial charge in [0, 0.05) is 5.56 Å². The van der Waals surface area contributed by atoms with E-state index < -0.39 is 34.2 Å². The number of aryl methyl sites for hydroxylation is 2. The Bertz CT molecular complexity index is 1300. The van der Waals surface area contributed by atoms with Crippen molar-refractivity contribution in [2.75, 3.05) is 15.7 Å². The number of benzene rings is 3. The van der Waals surface area contributed by atoms with Crippen LogP contribution < -0.4 is 9.21 Å². The Labute approximate surface area is 179 Å².